The second kappa shape index (κ2) is 31.4. The van der Waals surface area contributed by atoms with Gasteiger partial charge in [-0.3, -0.25) is 23.4 Å². The highest BCUT2D eigenvalue weighted by Gasteiger charge is 2.38. The van der Waals surface area contributed by atoms with Crippen LogP contribution < -0.4 is 37.5 Å². The van der Waals surface area contributed by atoms with E-state index in [1.165, 1.54) is 17.2 Å². The van der Waals surface area contributed by atoms with E-state index in [9.17, 15) is 37.2 Å². The number of fused-ring (bicyclic) bond motifs is 2. The molecule has 1 saturated carbocycles. The maximum Gasteiger partial charge on any atom is 0.407 e. The van der Waals surface area contributed by atoms with Gasteiger partial charge in [-0.15, -0.1) is 0 Å². The summed E-state index contributed by atoms with van der Waals surface area (Å²) in [5.41, 5.74) is 10.3. The lowest BCUT2D eigenvalue weighted by atomic mass is 9.89. The van der Waals surface area contributed by atoms with Crippen molar-refractivity contribution in [2.24, 2.45) is 28.6 Å². The van der Waals surface area contributed by atoms with Gasteiger partial charge in [0.15, 0.2) is 5.78 Å². The summed E-state index contributed by atoms with van der Waals surface area (Å²) in [6, 6.07) is 15.7. The Morgan fingerprint density at radius 3 is 2.40 bits per heavy atom. The van der Waals surface area contributed by atoms with E-state index in [0.29, 0.717) is 62.0 Å². The molecule has 0 saturated heterocycles. The Labute approximate surface area is 484 Å². The van der Waals surface area contributed by atoms with E-state index in [1.807, 2.05) is 26.1 Å². The predicted octanol–water partition coefficient (Wildman–Crippen LogP) is 5.62. The normalized spacial score (nSPS) is 18.3. The zero-order valence-corrected chi connectivity index (χ0v) is 48.1. The van der Waals surface area contributed by atoms with Gasteiger partial charge in [0.2, 0.25) is 11.8 Å². The highest BCUT2D eigenvalue weighted by Crippen LogP contribution is 2.40. The lowest BCUT2D eigenvalue weighted by molar-refractivity contribution is -0.131. The van der Waals surface area contributed by atoms with Crippen LogP contribution >= 0.6 is 0 Å². The molecule has 450 valence electrons. The van der Waals surface area contributed by atoms with Gasteiger partial charge >= 0.3 is 22.4 Å². The topological polar surface area (TPSA) is 329 Å². The number of urea groups is 1. The lowest BCUT2D eigenvalue weighted by Crippen LogP contribution is -2.45. The van der Waals surface area contributed by atoms with Gasteiger partial charge in [-0.05, 0) is 98.2 Å². The van der Waals surface area contributed by atoms with Crippen molar-refractivity contribution in [1.29, 1.82) is 0 Å². The molecule has 0 bridgehead atoms. The van der Waals surface area contributed by atoms with Crippen LogP contribution in [0.25, 0.3) is 11.0 Å². The number of ketones is 1. The number of nitrogens with two attached hydrogens (primary N) is 2. The Kier molecular flexibility index (Phi) is 23.9. The average Bonchev–Trinajstić information content (AvgIpc) is 4.42. The Morgan fingerprint density at radius 1 is 0.880 bits per heavy atom. The maximum atomic E-state index is 13.7. The van der Waals surface area contributed by atoms with Crippen LogP contribution in [0.3, 0.4) is 0 Å². The zero-order chi connectivity index (χ0) is 59.3. The molecule has 25 heteroatoms. The average molecular weight is 1170 g/mol. The summed E-state index contributed by atoms with van der Waals surface area (Å²) in [7, 11) is -4.16. The van der Waals surface area contributed by atoms with Crippen molar-refractivity contribution in [2.75, 3.05) is 69.9 Å². The van der Waals surface area contributed by atoms with Crippen molar-refractivity contribution in [3.05, 3.63) is 108 Å². The number of carbonyl (C=O) groups is 6. The maximum absolute atomic E-state index is 13.7. The molecule has 0 radical (unpaired) electrons. The first-order chi connectivity index (χ1) is 39.9. The molecule has 2 aromatic carbocycles. The fourth-order valence-electron chi connectivity index (χ4n) is 10.6. The first kappa shape index (κ1) is 63.3. The number of hydrogen-bond acceptors (Lipinski definition) is 16. The van der Waals surface area contributed by atoms with Crippen LogP contribution in [0.4, 0.5) is 21.1 Å². The Morgan fingerprint density at radius 2 is 1.65 bits per heavy atom. The lowest BCUT2D eigenvalue weighted by Gasteiger charge is -2.24. The quantitative estimate of drug-likeness (QED) is 0.0275. The third kappa shape index (κ3) is 19.7. The molecule has 7 rings (SSSR count). The summed E-state index contributed by atoms with van der Waals surface area (Å²) in [6.07, 6.45) is 11.5. The van der Waals surface area contributed by atoms with Crippen molar-refractivity contribution < 1.29 is 60.3 Å². The first-order valence-electron chi connectivity index (χ1n) is 28.4. The number of anilines is 2. The van der Waals surface area contributed by atoms with Gasteiger partial charge < -0.3 is 60.7 Å². The monoisotopic (exact) mass is 1170 g/mol. The smallest absolute Gasteiger partial charge is 0.407 e. The third-order valence-corrected chi connectivity index (χ3v) is 15.4. The molecule has 4 aromatic rings. The van der Waals surface area contributed by atoms with Crippen LogP contribution in [-0.4, -0.2) is 135 Å². The van der Waals surface area contributed by atoms with Crippen molar-refractivity contribution in [3.8, 4) is 0 Å². The van der Waals surface area contributed by atoms with Crippen molar-refractivity contribution in [1.82, 2.24) is 35.4 Å². The summed E-state index contributed by atoms with van der Waals surface area (Å²) in [4.78, 5) is 86.8. The Bertz CT molecular complexity index is 2990. The minimum Gasteiger partial charge on any atom is -0.445 e. The molecule has 3 aliphatic rings. The van der Waals surface area contributed by atoms with E-state index in [4.69, 9.17) is 34.0 Å². The largest absolute Gasteiger partial charge is 0.445 e. The number of hydrogen-bond donors (Lipinski definition) is 7. The summed E-state index contributed by atoms with van der Waals surface area (Å²) in [5, 5.41) is 20.6. The summed E-state index contributed by atoms with van der Waals surface area (Å²) in [6.45, 7) is 9.44. The van der Waals surface area contributed by atoms with Crippen LogP contribution in [0.1, 0.15) is 107 Å². The van der Waals surface area contributed by atoms with Crippen LogP contribution in [0, 0.1) is 17.8 Å². The molecule has 1 fully saturated rings. The van der Waals surface area contributed by atoms with E-state index >= 15 is 0 Å². The van der Waals surface area contributed by atoms with Crippen molar-refractivity contribution >= 4 is 68.5 Å². The molecule has 83 heavy (non-hydrogen) atoms. The number of aromatic nitrogens is 3. The summed E-state index contributed by atoms with van der Waals surface area (Å²) < 4.78 is 53.6. The van der Waals surface area contributed by atoms with E-state index in [-0.39, 0.29) is 126 Å². The molecule has 0 unspecified atom stereocenters. The summed E-state index contributed by atoms with van der Waals surface area (Å²) in [5.74, 6) is -1.64. The van der Waals surface area contributed by atoms with Gasteiger partial charge in [-0.2, -0.15) is 8.42 Å². The number of primary amides is 1. The molecule has 3 heterocycles. The van der Waals surface area contributed by atoms with Crippen LogP contribution in [-0.2, 0) is 65.6 Å². The van der Waals surface area contributed by atoms with Gasteiger partial charge in [-0.25, -0.2) is 24.7 Å². The number of allylic oxidation sites excluding steroid dienone is 1. The number of unbranched alkanes of at least 4 members (excludes halogenated alkanes) is 2. The number of carbonyl (C=O) groups excluding carboxylic acids is 6. The van der Waals surface area contributed by atoms with Crippen molar-refractivity contribution in [3.63, 3.8) is 0 Å². The molecule has 9 N–H and O–H groups in total. The van der Waals surface area contributed by atoms with Crippen LogP contribution in [0.2, 0.25) is 0 Å². The second-order valence-corrected chi connectivity index (χ2v) is 22.5. The number of alkyl carbamates (subject to hydrolysis) is 1. The number of nitrogens with zero attached hydrogens (tertiary/aromatic N) is 4. The number of rotatable bonds is 35. The minimum absolute atomic E-state index is 0.0503. The number of amides is 6. The summed E-state index contributed by atoms with van der Waals surface area (Å²) >= 11 is 0. The second-order valence-electron chi connectivity index (χ2n) is 21.3. The first-order valence-corrected chi connectivity index (χ1v) is 29.8. The van der Waals surface area contributed by atoms with Gasteiger partial charge in [0.05, 0.1) is 63.2 Å². The number of benzene rings is 2. The van der Waals surface area contributed by atoms with Crippen molar-refractivity contribution in [2.45, 2.75) is 115 Å². The van der Waals surface area contributed by atoms with E-state index in [1.54, 1.807) is 41.6 Å². The minimum atomic E-state index is -4.16. The fraction of sp³-hybridized carbons (Fsp3) is 0.517. The molecule has 2 aliphatic carbocycles. The molecule has 24 nitrogen and oxygen atoms in total. The SMILES string of the molecule is C=C1C=CC(=O)N1CCCCCC(=O)N[C@@H](C(=O)C[C@H](CCCNC(N)=O)C(=O)Nc1ccc(COC(=O)NCCOCCOCCO[C@H]2C[C@H](n3ccc4c(N[C@H]5CCc6ccccc65)ncnc43)C[C@H]2COS(N)(=O)=O)cc1)C(C)C. The Balaban J connectivity index is 0.768. The number of aryl methyl sites for hydroxylation is 1. The van der Waals surface area contributed by atoms with Crippen LogP contribution in [0.15, 0.2) is 91.5 Å². The van der Waals surface area contributed by atoms with Gasteiger partial charge in [0, 0.05) is 74.0 Å². The number of nitrogens with one attached hydrogen (secondary N) is 5. The predicted molar refractivity (Wildman–Crippen MR) is 309 cm³/mol. The molecular formula is C58H79N11O13S. The number of Topliss-reactive ketones (excluding diaryl/α,β-unsaturated/α-hetero) is 1. The van der Waals surface area contributed by atoms with E-state index in [0.717, 1.165) is 29.7 Å². The van der Waals surface area contributed by atoms with Gasteiger partial charge in [-0.1, -0.05) is 63.2 Å². The number of ether oxygens (including phenoxy) is 4. The molecule has 0 spiro atoms. The molecule has 6 amide bonds. The molecule has 2 aromatic heterocycles. The highest BCUT2D eigenvalue weighted by atomic mass is 32.2. The van der Waals surface area contributed by atoms with E-state index in [2.05, 4.69) is 72.0 Å². The Hall–Kier alpha value is -7.29. The third-order valence-electron chi connectivity index (χ3n) is 14.9. The van der Waals surface area contributed by atoms with Crippen LogP contribution in [0.5, 0.6) is 0 Å². The zero-order valence-electron chi connectivity index (χ0n) is 47.3. The standard InChI is InChI=1S/C58H79N11O13S/c1-38(2)53(67-51(71)13-5-4-8-25-68-39(3)14-21-52(68)72)49(70)33-42(11-9-23-61-57(59)74)56(73)65-44-18-15-40(16-19-44)35-81-58(75)62-24-27-78-28-29-79-30-31-80-50-34-45(32-43(50)36-82-83(60,76)77)69-26-22-47-54(63-37-64-55(47)69)66-48-20-17-41-10-6-7-12-46(41)48/h6-7,10,12,14-16,18-19,21-22,26,37-38,42-43,45,48,50,53H,3-5,8-9,11,13,17,20,23-25,27-36H2,1-2H3,(H,62,75)(H,65,73)(H,67,71)(H3,59,61,74)(H2,60,76,77)(H,63,64,66)/t42-,43-,45+,48-,50-,53+/m0/s1. The molecular weight excluding hydrogens is 1090 g/mol. The van der Waals surface area contributed by atoms with Gasteiger partial charge in [0.1, 0.15) is 24.4 Å². The van der Waals surface area contributed by atoms with Gasteiger partial charge in [0.25, 0.3) is 5.91 Å². The molecule has 6 atom stereocenters. The highest BCUT2D eigenvalue weighted by molar-refractivity contribution is 7.84. The van der Waals surface area contributed by atoms with E-state index < -0.39 is 40.3 Å². The fourth-order valence-corrected chi connectivity index (χ4v) is 11.0. The molecule has 1 aliphatic heterocycles.